The van der Waals surface area contributed by atoms with E-state index in [1.807, 2.05) is 34.9 Å². The van der Waals surface area contributed by atoms with Crippen molar-refractivity contribution in [1.29, 1.82) is 0 Å². The highest BCUT2D eigenvalue weighted by Crippen LogP contribution is 2.55. The molecule has 36 heavy (non-hydrogen) atoms. The van der Waals surface area contributed by atoms with E-state index in [4.69, 9.17) is 10.5 Å². The summed E-state index contributed by atoms with van der Waals surface area (Å²) in [6.45, 7) is 1.19. The van der Waals surface area contributed by atoms with E-state index in [1.54, 1.807) is 4.68 Å². The number of hydrogen-bond acceptors (Lipinski definition) is 5. The van der Waals surface area contributed by atoms with Crippen molar-refractivity contribution < 1.29 is 14.3 Å². The summed E-state index contributed by atoms with van der Waals surface area (Å²) in [4.78, 5) is 28.4. The molecule has 2 aromatic carbocycles. The lowest BCUT2D eigenvalue weighted by atomic mass is 9.88. The first-order valence-electron chi connectivity index (χ1n) is 12.6. The van der Waals surface area contributed by atoms with Crippen LogP contribution in [0.1, 0.15) is 63.4 Å². The number of nitrogens with zero attached hydrogens (tertiary/aromatic N) is 3. The molecular formula is C28H28N4O3S. The van der Waals surface area contributed by atoms with E-state index in [-0.39, 0.29) is 17.0 Å². The first-order valence-corrected chi connectivity index (χ1v) is 13.9. The summed E-state index contributed by atoms with van der Waals surface area (Å²) in [5.74, 6) is 1.26. The standard InChI is InChI=1S/C28H28N4O3S/c1-36-16-28(11-12-28)18-2-4-19(5-3-18)31-15-27(9-10-27)22-23(25(29)33)30-32(24(22)26(31)34)20-6-7-21-17(14-20)8-13-35-21/h2-7,14H,8-13,15-16H2,1H3,(H2,29,33). The minimum atomic E-state index is -0.588. The summed E-state index contributed by atoms with van der Waals surface area (Å²) in [6.07, 6.45) is 7.23. The quantitative estimate of drug-likeness (QED) is 0.553. The molecule has 184 valence electrons. The summed E-state index contributed by atoms with van der Waals surface area (Å²) < 4.78 is 7.29. The average molecular weight is 501 g/mol. The number of amides is 2. The predicted molar refractivity (Wildman–Crippen MR) is 140 cm³/mol. The van der Waals surface area contributed by atoms with Crippen LogP contribution in [-0.2, 0) is 17.3 Å². The third-order valence-electron chi connectivity index (χ3n) is 8.39. The lowest BCUT2D eigenvalue weighted by Gasteiger charge is -2.33. The van der Waals surface area contributed by atoms with Crippen molar-refractivity contribution in [2.75, 3.05) is 30.1 Å². The monoisotopic (exact) mass is 500 g/mol. The fourth-order valence-electron chi connectivity index (χ4n) is 6.07. The van der Waals surface area contributed by atoms with Crippen LogP contribution in [0.25, 0.3) is 5.69 Å². The molecule has 7 rings (SSSR count). The smallest absolute Gasteiger partial charge is 0.277 e. The molecule has 2 aliphatic heterocycles. The van der Waals surface area contributed by atoms with Gasteiger partial charge in [-0.05, 0) is 73.4 Å². The maximum atomic E-state index is 14.1. The second-order valence-corrected chi connectivity index (χ2v) is 11.5. The number of rotatable bonds is 6. The van der Waals surface area contributed by atoms with Crippen molar-refractivity contribution >= 4 is 29.3 Å². The van der Waals surface area contributed by atoms with Crippen LogP contribution in [0.4, 0.5) is 5.69 Å². The van der Waals surface area contributed by atoms with E-state index >= 15 is 0 Å². The van der Waals surface area contributed by atoms with Crippen LogP contribution < -0.4 is 15.4 Å². The van der Waals surface area contributed by atoms with Gasteiger partial charge in [-0.1, -0.05) is 12.1 Å². The summed E-state index contributed by atoms with van der Waals surface area (Å²) in [5, 5.41) is 4.63. The lowest BCUT2D eigenvalue weighted by Crippen LogP contribution is -2.44. The van der Waals surface area contributed by atoms with Crippen LogP contribution in [-0.4, -0.2) is 46.8 Å². The van der Waals surface area contributed by atoms with Gasteiger partial charge in [0, 0.05) is 40.8 Å². The fourth-order valence-corrected chi connectivity index (χ4v) is 7.08. The van der Waals surface area contributed by atoms with E-state index in [1.165, 1.54) is 18.4 Å². The van der Waals surface area contributed by atoms with Gasteiger partial charge in [0.15, 0.2) is 5.69 Å². The maximum Gasteiger partial charge on any atom is 0.277 e. The third kappa shape index (κ3) is 3.16. The summed E-state index contributed by atoms with van der Waals surface area (Å²) in [6, 6.07) is 14.3. The molecule has 2 aliphatic carbocycles. The van der Waals surface area contributed by atoms with E-state index in [9.17, 15) is 9.59 Å². The molecule has 2 amide bonds. The van der Waals surface area contributed by atoms with Gasteiger partial charge in [0.2, 0.25) is 0 Å². The van der Waals surface area contributed by atoms with Crippen LogP contribution in [0.2, 0.25) is 0 Å². The molecule has 2 N–H and O–H groups in total. The van der Waals surface area contributed by atoms with E-state index < -0.39 is 5.91 Å². The maximum absolute atomic E-state index is 14.1. The minimum Gasteiger partial charge on any atom is -0.493 e. The Morgan fingerprint density at radius 2 is 1.86 bits per heavy atom. The Morgan fingerprint density at radius 1 is 1.11 bits per heavy atom. The highest BCUT2D eigenvalue weighted by Gasteiger charge is 2.56. The van der Waals surface area contributed by atoms with Gasteiger partial charge < -0.3 is 15.4 Å². The van der Waals surface area contributed by atoms with Gasteiger partial charge in [-0.15, -0.1) is 0 Å². The number of aromatic nitrogens is 2. The average Bonchev–Trinajstić information content (AvgIpc) is 3.74. The number of anilines is 1. The second kappa shape index (κ2) is 7.62. The number of hydrogen-bond donors (Lipinski definition) is 1. The molecule has 0 unspecified atom stereocenters. The third-order valence-corrected chi connectivity index (χ3v) is 9.24. The fraction of sp³-hybridized carbons (Fsp3) is 0.393. The Balaban J connectivity index is 1.32. The first-order chi connectivity index (χ1) is 17.4. The van der Waals surface area contributed by atoms with Crippen molar-refractivity contribution in [3.8, 4) is 11.4 Å². The predicted octanol–water partition coefficient (Wildman–Crippen LogP) is 3.99. The van der Waals surface area contributed by atoms with Crippen LogP contribution in [0.5, 0.6) is 5.75 Å². The van der Waals surface area contributed by atoms with Gasteiger partial charge in [0.05, 0.1) is 12.3 Å². The van der Waals surface area contributed by atoms with Gasteiger partial charge in [-0.3, -0.25) is 9.59 Å². The number of nitrogens with two attached hydrogens (primary N) is 1. The molecule has 2 fully saturated rings. The molecule has 0 saturated heterocycles. The van der Waals surface area contributed by atoms with Crippen LogP contribution in [0, 0.1) is 0 Å². The van der Waals surface area contributed by atoms with Gasteiger partial charge in [-0.25, -0.2) is 4.68 Å². The van der Waals surface area contributed by atoms with Crippen molar-refractivity contribution in [1.82, 2.24) is 9.78 Å². The largest absolute Gasteiger partial charge is 0.493 e. The number of ether oxygens (including phenoxy) is 1. The Labute approximate surface area is 214 Å². The highest BCUT2D eigenvalue weighted by molar-refractivity contribution is 7.98. The van der Waals surface area contributed by atoms with E-state index in [2.05, 4.69) is 35.6 Å². The molecule has 8 heteroatoms. The minimum absolute atomic E-state index is 0.141. The summed E-state index contributed by atoms with van der Waals surface area (Å²) >= 11 is 1.89. The molecule has 2 saturated carbocycles. The van der Waals surface area contributed by atoms with Crippen molar-refractivity contribution in [2.24, 2.45) is 5.73 Å². The Morgan fingerprint density at radius 3 is 2.53 bits per heavy atom. The van der Waals surface area contributed by atoms with Crippen molar-refractivity contribution in [3.63, 3.8) is 0 Å². The number of primary amides is 1. The second-order valence-electron chi connectivity index (χ2n) is 10.7. The van der Waals surface area contributed by atoms with Gasteiger partial charge >= 0.3 is 0 Å². The number of benzene rings is 2. The lowest BCUT2D eigenvalue weighted by molar-refractivity contribution is 0.0966. The molecule has 1 aromatic heterocycles. The number of carbonyl (C=O) groups excluding carboxylic acids is 2. The SMILES string of the molecule is CSCC1(c2ccc(N3CC4(CC4)c4c(C(N)=O)nn(-c5ccc6c(c5)CCO6)c4C3=O)cc2)CC1. The summed E-state index contributed by atoms with van der Waals surface area (Å²) in [5.41, 5.74) is 11.3. The van der Waals surface area contributed by atoms with Crippen LogP contribution in [0.3, 0.4) is 0 Å². The zero-order chi connectivity index (χ0) is 24.7. The topological polar surface area (TPSA) is 90.5 Å². The van der Waals surface area contributed by atoms with Gasteiger partial charge in [0.1, 0.15) is 11.4 Å². The molecule has 7 nitrogen and oxygen atoms in total. The molecular weight excluding hydrogens is 472 g/mol. The normalized spacial score (nSPS) is 20.1. The molecule has 3 aromatic rings. The number of fused-ring (bicyclic) bond motifs is 3. The Bertz CT molecular complexity index is 1420. The summed E-state index contributed by atoms with van der Waals surface area (Å²) in [7, 11) is 0. The molecule has 3 heterocycles. The van der Waals surface area contributed by atoms with Crippen molar-refractivity contribution in [2.45, 2.75) is 42.9 Å². The molecule has 0 atom stereocenters. The number of thioether (sulfide) groups is 1. The van der Waals surface area contributed by atoms with Gasteiger partial charge in [-0.2, -0.15) is 16.9 Å². The van der Waals surface area contributed by atoms with Gasteiger partial charge in [0.25, 0.3) is 11.8 Å². The molecule has 0 bridgehead atoms. The zero-order valence-corrected chi connectivity index (χ0v) is 21.1. The molecule has 1 spiro atoms. The Hall–Kier alpha value is -3.26. The van der Waals surface area contributed by atoms with E-state index in [0.717, 1.165) is 53.3 Å². The zero-order valence-electron chi connectivity index (χ0n) is 20.3. The number of carbonyl (C=O) groups is 2. The molecule has 0 radical (unpaired) electrons. The van der Waals surface area contributed by atoms with E-state index in [0.29, 0.717) is 24.3 Å². The Kier molecular flexibility index (Phi) is 4.65. The van der Waals surface area contributed by atoms with Crippen LogP contribution >= 0.6 is 11.8 Å². The highest BCUT2D eigenvalue weighted by atomic mass is 32.2. The molecule has 4 aliphatic rings. The van der Waals surface area contributed by atoms with Crippen LogP contribution in [0.15, 0.2) is 42.5 Å². The first kappa shape index (κ1) is 22.0. The van der Waals surface area contributed by atoms with Crippen molar-refractivity contribution in [3.05, 3.63) is 70.5 Å².